The van der Waals surface area contributed by atoms with Crippen LogP contribution in [0.3, 0.4) is 0 Å². The molecule has 2 aromatic rings. The number of rotatable bonds is 5. The van der Waals surface area contributed by atoms with Crippen LogP contribution < -0.4 is 5.32 Å². The number of anilines is 1. The standard InChI is InChI=1S/C13H12Cl2N2OS/c14-6-5-12(18)17-13-16-8-11(19-13)7-9-1-3-10(15)4-2-9/h1-4,8H,5-7H2,(H,16,17,18). The first-order valence-electron chi connectivity index (χ1n) is 5.72. The molecule has 1 aromatic heterocycles. The molecule has 0 bridgehead atoms. The molecule has 0 spiro atoms. The van der Waals surface area contributed by atoms with E-state index in [9.17, 15) is 4.79 Å². The topological polar surface area (TPSA) is 42.0 Å². The molecule has 0 aliphatic rings. The van der Waals surface area contributed by atoms with Crippen molar-refractivity contribution in [3.63, 3.8) is 0 Å². The molecule has 0 radical (unpaired) electrons. The summed E-state index contributed by atoms with van der Waals surface area (Å²) in [6.07, 6.45) is 2.85. The fourth-order valence-electron chi connectivity index (χ4n) is 1.52. The highest BCUT2D eigenvalue weighted by Crippen LogP contribution is 2.22. The van der Waals surface area contributed by atoms with Crippen molar-refractivity contribution in [3.8, 4) is 0 Å². The molecule has 0 saturated carbocycles. The zero-order valence-electron chi connectivity index (χ0n) is 10.0. The van der Waals surface area contributed by atoms with Crippen LogP contribution >= 0.6 is 34.5 Å². The number of carbonyl (C=O) groups is 1. The highest BCUT2D eigenvalue weighted by Gasteiger charge is 2.06. The number of aromatic nitrogens is 1. The summed E-state index contributed by atoms with van der Waals surface area (Å²) in [7, 11) is 0. The zero-order chi connectivity index (χ0) is 13.7. The van der Waals surface area contributed by atoms with Gasteiger partial charge in [0.2, 0.25) is 5.91 Å². The van der Waals surface area contributed by atoms with Gasteiger partial charge in [-0.15, -0.1) is 22.9 Å². The summed E-state index contributed by atoms with van der Waals surface area (Å²) in [6, 6.07) is 7.68. The molecule has 0 fully saturated rings. The minimum absolute atomic E-state index is 0.109. The smallest absolute Gasteiger partial charge is 0.227 e. The number of alkyl halides is 1. The number of hydrogen-bond acceptors (Lipinski definition) is 3. The Balaban J connectivity index is 1.97. The number of nitrogens with one attached hydrogen (secondary N) is 1. The quantitative estimate of drug-likeness (QED) is 0.849. The van der Waals surface area contributed by atoms with Crippen molar-refractivity contribution in [2.45, 2.75) is 12.8 Å². The Hall–Kier alpha value is -1.10. The Morgan fingerprint density at radius 2 is 2.05 bits per heavy atom. The van der Waals surface area contributed by atoms with Gasteiger partial charge in [-0.2, -0.15) is 0 Å². The molecule has 0 unspecified atom stereocenters. The van der Waals surface area contributed by atoms with Gasteiger partial charge in [-0.1, -0.05) is 23.7 Å². The van der Waals surface area contributed by atoms with Crippen LogP contribution in [-0.4, -0.2) is 16.8 Å². The first-order chi connectivity index (χ1) is 9.17. The van der Waals surface area contributed by atoms with Crippen molar-refractivity contribution in [1.82, 2.24) is 4.98 Å². The summed E-state index contributed by atoms with van der Waals surface area (Å²) in [5, 5.41) is 4.06. The SMILES string of the molecule is O=C(CCCl)Nc1ncc(Cc2ccc(Cl)cc2)s1. The van der Waals surface area contributed by atoms with Gasteiger partial charge in [0.1, 0.15) is 0 Å². The molecular weight excluding hydrogens is 303 g/mol. The summed E-state index contributed by atoms with van der Waals surface area (Å²) in [5.41, 5.74) is 1.16. The molecule has 100 valence electrons. The van der Waals surface area contributed by atoms with Gasteiger partial charge in [-0.3, -0.25) is 4.79 Å². The van der Waals surface area contributed by atoms with Crippen LogP contribution in [0.15, 0.2) is 30.5 Å². The van der Waals surface area contributed by atoms with Crippen molar-refractivity contribution in [1.29, 1.82) is 0 Å². The van der Waals surface area contributed by atoms with Crippen LogP contribution in [-0.2, 0) is 11.2 Å². The molecule has 1 heterocycles. The minimum atomic E-state index is -0.109. The van der Waals surface area contributed by atoms with Crippen LogP contribution in [0.1, 0.15) is 16.9 Å². The average molecular weight is 315 g/mol. The molecule has 2 rings (SSSR count). The monoisotopic (exact) mass is 314 g/mol. The van der Waals surface area contributed by atoms with E-state index in [-0.39, 0.29) is 5.91 Å². The summed E-state index contributed by atoms with van der Waals surface area (Å²) in [5.74, 6) is 0.205. The Bertz CT molecular complexity index is 554. The maximum absolute atomic E-state index is 11.4. The summed E-state index contributed by atoms with van der Waals surface area (Å²) < 4.78 is 0. The van der Waals surface area contributed by atoms with Crippen LogP contribution in [0, 0.1) is 0 Å². The van der Waals surface area contributed by atoms with Crippen molar-refractivity contribution < 1.29 is 4.79 Å². The summed E-state index contributed by atoms with van der Waals surface area (Å²) in [4.78, 5) is 16.6. The van der Waals surface area contributed by atoms with E-state index in [2.05, 4.69) is 10.3 Å². The Labute approximate surface area is 125 Å². The van der Waals surface area contributed by atoms with E-state index in [0.29, 0.717) is 17.4 Å². The molecule has 3 nitrogen and oxygen atoms in total. The highest BCUT2D eigenvalue weighted by molar-refractivity contribution is 7.15. The first-order valence-corrected chi connectivity index (χ1v) is 7.45. The lowest BCUT2D eigenvalue weighted by Gasteiger charge is -1.99. The lowest BCUT2D eigenvalue weighted by molar-refractivity contribution is -0.115. The average Bonchev–Trinajstić information content (AvgIpc) is 2.80. The van der Waals surface area contributed by atoms with Crippen molar-refractivity contribution >= 4 is 45.6 Å². The minimum Gasteiger partial charge on any atom is -0.302 e. The molecule has 0 aliphatic carbocycles. The normalized spacial score (nSPS) is 10.4. The predicted octanol–water partition coefficient (Wildman–Crippen LogP) is 3.95. The fourth-order valence-corrected chi connectivity index (χ4v) is 2.68. The lowest BCUT2D eigenvalue weighted by atomic mass is 10.1. The summed E-state index contributed by atoms with van der Waals surface area (Å²) >= 11 is 12.8. The maximum Gasteiger partial charge on any atom is 0.227 e. The van der Waals surface area contributed by atoms with E-state index >= 15 is 0 Å². The van der Waals surface area contributed by atoms with Gasteiger partial charge < -0.3 is 5.32 Å². The van der Waals surface area contributed by atoms with Crippen LogP contribution in [0.5, 0.6) is 0 Å². The van der Waals surface area contributed by atoms with Crippen molar-refractivity contribution in [2.75, 3.05) is 11.2 Å². The molecule has 1 amide bonds. The molecule has 1 N–H and O–H groups in total. The van der Waals surface area contributed by atoms with Gasteiger partial charge in [0.25, 0.3) is 0 Å². The first kappa shape index (κ1) is 14.3. The number of benzene rings is 1. The van der Waals surface area contributed by atoms with Crippen LogP contribution in [0.2, 0.25) is 5.02 Å². The van der Waals surface area contributed by atoms with Gasteiger partial charge in [0, 0.05) is 34.8 Å². The zero-order valence-corrected chi connectivity index (χ0v) is 12.4. The van der Waals surface area contributed by atoms with E-state index in [1.807, 2.05) is 24.3 Å². The highest BCUT2D eigenvalue weighted by atomic mass is 35.5. The van der Waals surface area contributed by atoms with E-state index in [1.54, 1.807) is 6.20 Å². The maximum atomic E-state index is 11.4. The second kappa shape index (κ2) is 6.89. The van der Waals surface area contributed by atoms with Crippen molar-refractivity contribution in [2.24, 2.45) is 0 Å². The number of halogens is 2. The van der Waals surface area contributed by atoms with Crippen molar-refractivity contribution in [3.05, 3.63) is 45.9 Å². The van der Waals surface area contributed by atoms with E-state index < -0.39 is 0 Å². The van der Waals surface area contributed by atoms with Gasteiger partial charge in [0.05, 0.1) is 0 Å². The molecule has 19 heavy (non-hydrogen) atoms. The second-order valence-corrected chi connectivity index (χ2v) is 5.85. The van der Waals surface area contributed by atoms with Gasteiger partial charge in [0.15, 0.2) is 5.13 Å². The van der Waals surface area contributed by atoms with Gasteiger partial charge in [-0.25, -0.2) is 4.98 Å². The van der Waals surface area contributed by atoms with E-state index in [1.165, 1.54) is 11.3 Å². The molecule has 0 aliphatic heterocycles. The Morgan fingerprint density at radius 3 is 2.74 bits per heavy atom. The molecule has 6 heteroatoms. The summed E-state index contributed by atoms with van der Waals surface area (Å²) in [6.45, 7) is 0. The molecule has 1 aromatic carbocycles. The largest absolute Gasteiger partial charge is 0.302 e. The van der Waals surface area contributed by atoms with Gasteiger partial charge >= 0.3 is 0 Å². The number of hydrogen-bond donors (Lipinski definition) is 1. The van der Waals surface area contributed by atoms with Crippen LogP contribution in [0.25, 0.3) is 0 Å². The lowest BCUT2D eigenvalue weighted by Crippen LogP contribution is -2.11. The number of thiazole rings is 1. The van der Waals surface area contributed by atoms with Gasteiger partial charge in [-0.05, 0) is 17.7 Å². The molecule has 0 atom stereocenters. The molecule has 0 saturated heterocycles. The van der Waals surface area contributed by atoms with E-state index in [0.717, 1.165) is 21.9 Å². The third kappa shape index (κ3) is 4.49. The number of amides is 1. The Morgan fingerprint density at radius 1 is 1.32 bits per heavy atom. The second-order valence-electron chi connectivity index (χ2n) is 3.92. The molecular formula is C13H12Cl2N2OS. The van der Waals surface area contributed by atoms with E-state index in [4.69, 9.17) is 23.2 Å². The third-order valence-corrected chi connectivity index (χ3v) is 3.77. The van der Waals surface area contributed by atoms with Crippen LogP contribution in [0.4, 0.5) is 5.13 Å². The fraction of sp³-hybridized carbons (Fsp3) is 0.231. The third-order valence-electron chi connectivity index (χ3n) is 2.41. The number of carbonyl (C=O) groups excluding carboxylic acids is 1. The predicted molar refractivity (Wildman–Crippen MR) is 80.3 cm³/mol. The Kier molecular flexibility index (Phi) is 5.19. The number of nitrogens with zero attached hydrogens (tertiary/aromatic N) is 1.